The van der Waals surface area contributed by atoms with E-state index in [2.05, 4.69) is 30.3 Å². The number of hydrogen-bond donors (Lipinski definition) is 1. The van der Waals surface area contributed by atoms with Gasteiger partial charge in [-0.15, -0.1) is 11.8 Å². The topological polar surface area (TPSA) is 26.0 Å². The lowest BCUT2D eigenvalue weighted by molar-refractivity contribution is 0.614. The van der Waals surface area contributed by atoms with E-state index in [0.29, 0.717) is 0 Å². The Kier molecular flexibility index (Phi) is 8.27. The first-order valence-electron chi connectivity index (χ1n) is 6.31. The fourth-order valence-electron chi connectivity index (χ4n) is 1.66. The van der Waals surface area contributed by atoms with Crippen molar-refractivity contribution in [2.45, 2.75) is 43.4 Å². The molecule has 1 aromatic carbocycles. The van der Waals surface area contributed by atoms with Crippen LogP contribution in [0, 0.1) is 0 Å². The van der Waals surface area contributed by atoms with Crippen LogP contribution in [0.15, 0.2) is 35.2 Å². The second-order valence-electron chi connectivity index (χ2n) is 4.07. The third-order valence-corrected chi connectivity index (χ3v) is 3.71. The fourth-order valence-corrected chi connectivity index (χ4v) is 2.59. The van der Waals surface area contributed by atoms with Gasteiger partial charge in [0.05, 0.1) is 0 Å². The van der Waals surface area contributed by atoms with Gasteiger partial charge in [-0.1, -0.05) is 43.9 Å². The van der Waals surface area contributed by atoms with Crippen LogP contribution < -0.4 is 5.73 Å². The third-order valence-electron chi connectivity index (χ3n) is 2.61. The molecule has 90 valence electrons. The Morgan fingerprint density at radius 2 is 1.44 bits per heavy atom. The Hall–Kier alpha value is -0.470. The first-order chi connectivity index (χ1) is 7.93. The van der Waals surface area contributed by atoms with Gasteiger partial charge in [-0.25, -0.2) is 0 Å². The summed E-state index contributed by atoms with van der Waals surface area (Å²) in [7, 11) is 0. The molecule has 2 heteroatoms. The number of hydrogen-bond acceptors (Lipinski definition) is 2. The molecule has 0 bridgehead atoms. The third kappa shape index (κ3) is 6.91. The van der Waals surface area contributed by atoms with Gasteiger partial charge >= 0.3 is 0 Å². The van der Waals surface area contributed by atoms with Crippen molar-refractivity contribution in [3.8, 4) is 0 Å². The highest BCUT2D eigenvalue weighted by Gasteiger charge is 1.93. The fraction of sp³-hybridized carbons (Fsp3) is 0.571. The van der Waals surface area contributed by atoms with E-state index in [-0.39, 0.29) is 0 Å². The SMILES string of the molecule is NCCCCCCCCSc1ccccc1. The van der Waals surface area contributed by atoms with Crippen LogP contribution in [0.5, 0.6) is 0 Å². The molecule has 0 aromatic heterocycles. The quantitative estimate of drug-likeness (QED) is 0.517. The summed E-state index contributed by atoms with van der Waals surface area (Å²) in [6, 6.07) is 10.7. The number of benzene rings is 1. The maximum absolute atomic E-state index is 5.45. The van der Waals surface area contributed by atoms with Gasteiger partial charge < -0.3 is 5.73 Å². The van der Waals surface area contributed by atoms with Crippen molar-refractivity contribution in [2.24, 2.45) is 5.73 Å². The second kappa shape index (κ2) is 9.73. The summed E-state index contributed by atoms with van der Waals surface area (Å²) >= 11 is 1.97. The zero-order valence-electron chi connectivity index (χ0n) is 10.0. The molecule has 1 nitrogen and oxygen atoms in total. The van der Waals surface area contributed by atoms with Crippen LogP contribution in [0.3, 0.4) is 0 Å². The number of nitrogens with two attached hydrogens (primary N) is 1. The van der Waals surface area contributed by atoms with Crippen molar-refractivity contribution < 1.29 is 0 Å². The van der Waals surface area contributed by atoms with E-state index in [4.69, 9.17) is 5.73 Å². The van der Waals surface area contributed by atoms with Crippen molar-refractivity contribution in [1.82, 2.24) is 0 Å². The lowest BCUT2D eigenvalue weighted by Gasteiger charge is -2.02. The molecule has 0 aliphatic rings. The van der Waals surface area contributed by atoms with Crippen LogP contribution >= 0.6 is 11.8 Å². The van der Waals surface area contributed by atoms with E-state index < -0.39 is 0 Å². The van der Waals surface area contributed by atoms with Gasteiger partial charge in [0.1, 0.15) is 0 Å². The van der Waals surface area contributed by atoms with Gasteiger partial charge in [0.2, 0.25) is 0 Å². The second-order valence-corrected chi connectivity index (χ2v) is 5.24. The van der Waals surface area contributed by atoms with E-state index >= 15 is 0 Å². The monoisotopic (exact) mass is 237 g/mol. The molecule has 16 heavy (non-hydrogen) atoms. The zero-order chi connectivity index (χ0) is 11.5. The molecule has 0 amide bonds. The molecule has 0 heterocycles. The maximum atomic E-state index is 5.45. The summed E-state index contributed by atoms with van der Waals surface area (Å²) in [5.41, 5.74) is 5.45. The van der Waals surface area contributed by atoms with Crippen molar-refractivity contribution >= 4 is 11.8 Å². The lowest BCUT2D eigenvalue weighted by atomic mass is 10.1. The molecule has 0 radical (unpaired) electrons. The Morgan fingerprint density at radius 1 is 0.812 bits per heavy atom. The Bertz CT molecular complexity index is 248. The molecule has 2 N–H and O–H groups in total. The normalized spacial score (nSPS) is 10.6. The Labute approximate surface area is 104 Å². The Balaban J connectivity index is 1.89. The molecule has 0 aliphatic heterocycles. The highest BCUT2D eigenvalue weighted by atomic mass is 32.2. The maximum Gasteiger partial charge on any atom is 0.00719 e. The zero-order valence-corrected chi connectivity index (χ0v) is 10.8. The van der Waals surface area contributed by atoms with Gasteiger partial charge in [0, 0.05) is 4.90 Å². The van der Waals surface area contributed by atoms with Crippen LogP contribution in [0.2, 0.25) is 0 Å². The van der Waals surface area contributed by atoms with Crippen LogP contribution in [0.25, 0.3) is 0 Å². The van der Waals surface area contributed by atoms with Crippen LogP contribution in [-0.2, 0) is 0 Å². The molecule has 0 aliphatic carbocycles. The van der Waals surface area contributed by atoms with E-state index in [1.165, 1.54) is 49.2 Å². The van der Waals surface area contributed by atoms with Crippen molar-refractivity contribution in [3.63, 3.8) is 0 Å². The van der Waals surface area contributed by atoms with Crippen molar-refractivity contribution in [3.05, 3.63) is 30.3 Å². The molecular formula is C14H23NS. The standard InChI is InChI=1S/C14H23NS/c15-12-8-3-1-2-4-9-13-16-14-10-6-5-7-11-14/h5-7,10-11H,1-4,8-9,12-13,15H2. The molecular weight excluding hydrogens is 214 g/mol. The molecule has 1 rings (SSSR count). The number of rotatable bonds is 9. The summed E-state index contributed by atoms with van der Waals surface area (Å²) in [5, 5.41) is 0. The average molecular weight is 237 g/mol. The predicted molar refractivity (Wildman–Crippen MR) is 73.9 cm³/mol. The van der Waals surface area contributed by atoms with Crippen LogP contribution in [0.4, 0.5) is 0 Å². The summed E-state index contributed by atoms with van der Waals surface area (Å²) in [4.78, 5) is 1.39. The number of thioether (sulfide) groups is 1. The smallest absolute Gasteiger partial charge is 0.00719 e. The predicted octanol–water partition coefficient (Wildman–Crippen LogP) is 4.08. The highest BCUT2D eigenvalue weighted by Crippen LogP contribution is 2.19. The first-order valence-corrected chi connectivity index (χ1v) is 7.30. The molecule has 0 saturated carbocycles. The van der Waals surface area contributed by atoms with Gasteiger partial charge in [0.25, 0.3) is 0 Å². The average Bonchev–Trinajstić information content (AvgIpc) is 2.34. The minimum Gasteiger partial charge on any atom is -0.330 e. The first kappa shape index (κ1) is 13.6. The molecule has 1 aromatic rings. The van der Waals surface area contributed by atoms with Gasteiger partial charge in [-0.3, -0.25) is 0 Å². The minimum atomic E-state index is 0.851. The molecule has 0 fully saturated rings. The van der Waals surface area contributed by atoms with Gasteiger partial charge in [-0.2, -0.15) is 0 Å². The van der Waals surface area contributed by atoms with Crippen molar-refractivity contribution in [1.29, 1.82) is 0 Å². The van der Waals surface area contributed by atoms with Crippen LogP contribution in [-0.4, -0.2) is 12.3 Å². The minimum absolute atomic E-state index is 0.851. The molecule has 0 unspecified atom stereocenters. The molecule has 0 atom stereocenters. The highest BCUT2D eigenvalue weighted by molar-refractivity contribution is 7.99. The van der Waals surface area contributed by atoms with E-state index in [0.717, 1.165) is 6.54 Å². The molecule has 0 spiro atoms. The van der Waals surface area contributed by atoms with Crippen molar-refractivity contribution in [2.75, 3.05) is 12.3 Å². The number of unbranched alkanes of at least 4 members (excludes halogenated alkanes) is 5. The molecule has 0 saturated heterocycles. The van der Waals surface area contributed by atoms with E-state index in [1.54, 1.807) is 0 Å². The van der Waals surface area contributed by atoms with Gasteiger partial charge in [-0.05, 0) is 37.3 Å². The van der Waals surface area contributed by atoms with E-state index in [9.17, 15) is 0 Å². The lowest BCUT2D eigenvalue weighted by Crippen LogP contribution is -1.97. The summed E-state index contributed by atoms with van der Waals surface area (Å²) in [6.45, 7) is 0.851. The van der Waals surface area contributed by atoms with Crippen LogP contribution in [0.1, 0.15) is 38.5 Å². The largest absolute Gasteiger partial charge is 0.330 e. The van der Waals surface area contributed by atoms with E-state index in [1.807, 2.05) is 11.8 Å². The summed E-state index contributed by atoms with van der Waals surface area (Å²) in [5.74, 6) is 1.25. The summed E-state index contributed by atoms with van der Waals surface area (Å²) < 4.78 is 0. The Morgan fingerprint density at radius 3 is 2.12 bits per heavy atom. The summed E-state index contributed by atoms with van der Waals surface area (Å²) in [6.07, 6.45) is 7.93. The van der Waals surface area contributed by atoms with Gasteiger partial charge in [0.15, 0.2) is 0 Å².